The van der Waals surface area contributed by atoms with Gasteiger partial charge in [-0.15, -0.1) is 12.4 Å². The molecule has 1 unspecified atom stereocenters. The Morgan fingerprint density at radius 2 is 1.94 bits per heavy atom. The molecule has 1 N–H and O–H groups in total. The van der Waals surface area contributed by atoms with Crippen molar-refractivity contribution in [3.8, 4) is 0 Å². The molecule has 1 heterocycles. The van der Waals surface area contributed by atoms with Crippen LogP contribution in [0.4, 0.5) is 0 Å². The van der Waals surface area contributed by atoms with Gasteiger partial charge >= 0.3 is 0 Å². The largest absolute Gasteiger partial charge is 0.315 e. The Balaban J connectivity index is 0.00000128. The van der Waals surface area contributed by atoms with Gasteiger partial charge in [0.2, 0.25) is 0 Å². The normalized spacial score (nSPS) is 26.2. The second kappa shape index (κ2) is 7.52. The molecule has 0 amide bonds. The fourth-order valence-corrected chi connectivity index (χ4v) is 3.19. The first-order valence-electron chi connectivity index (χ1n) is 6.85. The van der Waals surface area contributed by atoms with Gasteiger partial charge in [-0.25, -0.2) is 0 Å². The van der Waals surface area contributed by atoms with Gasteiger partial charge < -0.3 is 5.32 Å². The average Bonchev–Trinajstić information content (AvgIpc) is 2.89. The maximum absolute atomic E-state index is 3.49. The van der Waals surface area contributed by atoms with E-state index in [9.17, 15) is 0 Å². The zero-order chi connectivity index (χ0) is 10.5. The molecule has 0 aromatic heterocycles. The molecule has 2 fully saturated rings. The number of hydrogen-bond acceptors (Lipinski definition) is 2. The third kappa shape index (κ3) is 3.90. The molecule has 2 nitrogen and oxygen atoms in total. The summed E-state index contributed by atoms with van der Waals surface area (Å²) >= 11 is 0. The highest BCUT2D eigenvalue weighted by Gasteiger charge is 2.25. The number of hydrogen-bond donors (Lipinski definition) is 1. The maximum Gasteiger partial charge on any atom is 0.0232 e. The van der Waals surface area contributed by atoms with Crippen LogP contribution >= 0.6 is 12.4 Å². The van der Waals surface area contributed by atoms with E-state index >= 15 is 0 Å². The van der Waals surface area contributed by atoms with Crippen molar-refractivity contribution in [1.82, 2.24) is 10.2 Å². The fourth-order valence-electron chi connectivity index (χ4n) is 3.19. The summed E-state index contributed by atoms with van der Waals surface area (Å²) in [5.74, 6) is 1.01. The van der Waals surface area contributed by atoms with Gasteiger partial charge in [-0.1, -0.05) is 19.8 Å². The summed E-state index contributed by atoms with van der Waals surface area (Å²) in [6, 6.07) is 0.838. The number of nitrogens with zero attached hydrogens (tertiary/aromatic N) is 1. The van der Waals surface area contributed by atoms with E-state index in [0.717, 1.165) is 12.0 Å². The highest BCUT2D eigenvalue weighted by molar-refractivity contribution is 5.85. The first kappa shape index (κ1) is 14.3. The van der Waals surface area contributed by atoms with Gasteiger partial charge in [0, 0.05) is 19.1 Å². The Kier molecular flexibility index (Phi) is 6.71. The number of halogens is 1. The summed E-state index contributed by atoms with van der Waals surface area (Å²) in [5.41, 5.74) is 0. The molecule has 1 atom stereocenters. The summed E-state index contributed by atoms with van der Waals surface area (Å²) in [6.07, 6.45) is 8.61. The Bertz CT molecular complexity index is 175. The van der Waals surface area contributed by atoms with Crippen LogP contribution in [0.25, 0.3) is 0 Å². The predicted molar refractivity (Wildman–Crippen MR) is 72.3 cm³/mol. The van der Waals surface area contributed by atoms with Crippen LogP contribution in [0.1, 0.15) is 45.4 Å². The molecule has 0 spiro atoms. The van der Waals surface area contributed by atoms with Gasteiger partial charge in [0.15, 0.2) is 0 Å². The Morgan fingerprint density at radius 1 is 1.19 bits per heavy atom. The lowest BCUT2D eigenvalue weighted by Crippen LogP contribution is -2.40. The second-order valence-electron chi connectivity index (χ2n) is 5.29. The zero-order valence-corrected chi connectivity index (χ0v) is 11.4. The van der Waals surface area contributed by atoms with Crippen LogP contribution in [0.2, 0.25) is 0 Å². The van der Waals surface area contributed by atoms with Gasteiger partial charge in [0.1, 0.15) is 0 Å². The lowest BCUT2D eigenvalue weighted by atomic mass is 10.1. The van der Waals surface area contributed by atoms with E-state index in [1.54, 1.807) is 0 Å². The van der Waals surface area contributed by atoms with Crippen molar-refractivity contribution in [2.45, 2.75) is 51.5 Å². The van der Waals surface area contributed by atoms with Crippen LogP contribution in [0, 0.1) is 5.92 Å². The predicted octanol–water partition coefficient (Wildman–Crippen LogP) is 2.67. The SMILES string of the molecule is CCCN(CC1CCCC1)C1CCNC1.Cl. The van der Waals surface area contributed by atoms with Crippen molar-refractivity contribution >= 4 is 12.4 Å². The van der Waals surface area contributed by atoms with E-state index in [2.05, 4.69) is 17.1 Å². The summed E-state index contributed by atoms with van der Waals surface area (Å²) < 4.78 is 0. The molecule has 0 aromatic rings. The summed E-state index contributed by atoms with van der Waals surface area (Å²) in [6.45, 7) is 7.45. The Hall–Kier alpha value is 0.210. The minimum atomic E-state index is 0. The molecule has 1 aliphatic carbocycles. The number of rotatable bonds is 5. The summed E-state index contributed by atoms with van der Waals surface area (Å²) in [7, 11) is 0. The molecule has 16 heavy (non-hydrogen) atoms. The lowest BCUT2D eigenvalue weighted by molar-refractivity contribution is 0.177. The molecule has 96 valence electrons. The Labute approximate surface area is 107 Å². The van der Waals surface area contributed by atoms with Gasteiger partial charge in [0.05, 0.1) is 0 Å². The molecule has 1 saturated carbocycles. The fraction of sp³-hybridized carbons (Fsp3) is 1.00. The van der Waals surface area contributed by atoms with Gasteiger partial charge in [-0.05, 0) is 44.7 Å². The first-order chi connectivity index (χ1) is 7.40. The van der Waals surface area contributed by atoms with Crippen molar-refractivity contribution < 1.29 is 0 Å². The van der Waals surface area contributed by atoms with Crippen molar-refractivity contribution in [3.63, 3.8) is 0 Å². The zero-order valence-electron chi connectivity index (χ0n) is 10.6. The molecule has 0 radical (unpaired) electrons. The van der Waals surface area contributed by atoms with Gasteiger partial charge in [0.25, 0.3) is 0 Å². The third-order valence-corrected chi connectivity index (χ3v) is 4.03. The molecule has 3 heteroatoms. The van der Waals surface area contributed by atoms with E-state index in [-0.39, 0.29) is 12.4 Å². The van der Waals surface area contributed by atoms with E-state index in [1.165, 1.54) is 64.7 Å². The smallest absolute Gasteiger partial charge is 0.0232 e. The minimum absolute atomic E-state index is 0. The van der Waals surface area contributed by atoms with Gasteiger partial charge in [-0.2, -0.15) is 0 Å². The van der Waals surface area contributed by atoms with Gasteiger partial charge in [-0.3, -0.25) is 4.90 Å². The van der Waals surface area contributed by atoms with E-state index in [1.807, 2.05) is 0 Å². The van der Waals surface area contributed by atoms with Crippen LogP contribution < -0.4 is 5.32 Å². The van der Waals surface area contributed by atoms with E-state index in [4.69, 9.17) is 0 Å². The molecule has 0 bridgehead atoms. The lowest BCUT2D eigenvalue weighted by Gasteiger charge is -2.30. The topological polar surface area (TPSA) is 15.3 Å². The van der Waals surface area contributed by atoms with Crippen LogP contribution in [0.3, 0.4) is 0 Å². The molecule has 1 saturated heterocycles. The molecule has 0 aromatic carbocycles. The highest BCUT2D eigenvalue weighted by Crippen LogP contribution is 2.26. The van der Waals surface area contributed by atoms with E-state index in [0.29, 0.717) is 0 Å². The van der Waals surface area contributed by atoms with Crippen molar-refractivity contribution in [3.05, 3.63) is 0 Å². The van der Waals surface area contributed by atoms with Crippen LogP contribution in [-0.4, -0.2) is 37.1 Å². The van der Waals surface area contributed by atoms with Crippen LogP contribution in [0.15, 0.2) is 0 Å². The van der Waals surface area contributed by atoms with Crippen molar-refractivity contribution in [2.75, 3.05) is 26.2 Å². The third-order valence-electron chi connectivity index (χ3n) is 4.03. The molecule has 2 rings (SSSR count). The van der Waals surface area contributed by atoms with E-state index < -0.39 is 0 Å². The molecule has 2 aliphatic rings. The quantitative estimate of drug-likeness (QED) is 0.803. The van der Waals surface area contributed by atoms with Crippen molar-refractivity contribution in [1.29, 1.82) is 0 Å². The Morgan fingerprint density at radius 3 is 2.50 bits per heavy atom. The molecular formula is C13H27ClN2. The standard InChI is InChI=1S/C13H26N2.ClH/c1-2-9-15(13-7-8-14-10-13)11-12-5-3-4-6-12;/h12-14H,2-11H2,1H3;1H. The maximum atomic E-state index is 3.49. The second-order valence-corrected chi connectivity index (χ2v) is 5.29. The molecular weight excluding hydrogens is 220 g/mol. The summed E-state index contributed by atoms with van der Waals surface area (Å²) in [4.78, 5) is 2.76. The van der Waals surface area contributed by atoms with Crippen LogP contribution in [0.5, 0.6) is 0 Å². The highest BCUT2D eigenvalue weighted by atomic mass is 35.5. The summed E-state index contributed by atoms with van der Waals surface area (Å²) in [5, 5.41) is 3.49. The molecule has 1 aliphatic heterocycles. The first-order valence-corrected chi connectivity index (χ1v) is 6.85. The van der Waals surface area contributed by atoms with Crippen molar-refractivity contribution in [2.24, 2.45) is 5.92 Å². The average molecular weight is 247 g/mol. The number of nitrogens with one attached hydrogen (secondary N) is 1. The van der Waals surface area contributed by atoms with Crippen LogP contribution in [-0.2, 0) is 0 Å². The minimum Gasteiger partial charge on any atom is -0.315 e. The monoisotopic (exact) mass is 246 g/mol.